The van der Waals surface area contributed by atoms with Crippen molar-refractivity contribution in [3.8, 4) is 0 Å². The summed E-state index contributed by atoms with van der Waals surface area (Å²) >= 11 is 6.15. The molecule has 1 radical (unpaired) electrons. The molecule has 0 atom stereocenters. The molecule has 1 aromatic heterocycles. The van der Waals surface area contributed by atoms with Crippen LogP contribution in [0.2, 0.25) is 5.02 Å². The molecule has 1 rings (SSSR count). The minimum atomic E-state index is -0.360. The lowest BCUT2D eigenvalue weighted by Gasteiger charge is -1.71. The second kappa shape index (κ2) is 1.80. The van der Waals surface area contributed by atoms with Gasteiger partial charge in [0.05, 0.1) is 5.02 Å². The van der Waals surface area contributed by atoms with E-state index in [1.807, 2.05) is 0 Å². The van der Waals surface area contributed by atoms with E-state index in [9.17, 15) is 4.39 Å². The monoisotopic (exact) mass is 135 g/mol. The van der Waals surface area contributed by atoms with Crippen LogP contribution in [0.25, 0.3) is 0 Å². The van der Waals surface area contributed by atoms with E-state index in [0.29, 0.717) is 0 Å². The Labute approximate surface area is 49.5 Å². The highest BCUT2D eigenvalue weighted by molar-refractivity contribution is 7.08. The molecule has 0 fully saturated rings. The predicted molar refractivity (Wildman–Crippen MR) is 28.1 cm³/mol. The quantitative estimate of drug-likeness (QED) is 0.512. The van der Waals surface area contributed by atoms with Crippen molar-refractivity contribution in [1.29, 1.82) is 0 Å². The van der Waals surface area contributed by atoms with Crippen LogP contribution in [-0.2, 0) is 0 Å². The molecule has 3 heteroatoms. The van der Waals surface area contributed by atoms with E-state index >= 15 is 0 Å². The molecule has 0 saturated carbocycles. The maximum absolute atomic E-state index is 11.9. The topological polar surface area (TPSA) is 0 Å². The van der Waals surface area contributed by atoms with Gasteiger partial charge in [-0.1, -0.05) is 11.6 Å². The van der Waals surface area contributed by atoms with Gasteiger partial charge >= 0.3 is 0 Å². The summed E-state index contributed by atoms with van der Waals surface area (Å²) in [5.74, 6) is 0. The molecule has 0 N–H and O–H groups in total. The highest BCUT2D eigenvalue weighted by Crippen LogP contribution is 2.17. The number of halogens is 2. The minimum Gasteiger partial charge on any atom is -0.193 e. The zero-order chi connectivity index (χ0) is 5.28. The summed E-state index contributed by atoms with van der Waals surface area (Å²) in [6.07, 6.45) is 0. The zero-order valence-electron chi connectivity index (χ0n) is 3.24. The van der Waals surface area contributed by atoms with Crippen molar-refractivity contribution in [3.05, 3.63) is 21.6 Å². The third-order valence-electron chi connectivity index (χ3n) is 0.521. The second-order valence-corrected chi connectivity index (χ2v) is 2.18. The Kier molecular flexibility index (Phi) is 1.30. The van der Waals surface area contributed by atoms with Crippen molar-refractivity contribution in [2.75, 3.05) is 0 Å². The van der Waals surface area contributed by atoms with Crippen molar-refractivity contribution in [1.82, 2.24) is 0 Å². The minimum absolute atomic E-state index is 0.0880. The summed E-state index contributed by atoms with van der Waals surface area (Å²) in [6.45, 7) is 0. The van der Waals surface area contributed by atoms with E-state index in [1.165, 1.54) is 5.38 Å². The van der Waals surface area contributed by atoms with Gasteiger partial charge in [0.15, 0.2) is 5.13 Å². The molecule has 0 unspecified atom stereocenters. The van der Waals surface area contributed by atoms with E-state index in [2.05, 4.69) is 6.07 Å². The molecule has 7 heavy (non-hydrogen) atoms. The summed E-state index contributed by atoms with van der Waals surface area (Å²) in [6, 6.07) is 2.48. The Bertz CT molecular complexity index is 144. The Morgan fingerprint density at radius 3 is 2.71 bits per heavy atom. The first-order valence-corrected chi connectivity index (χ1v) is 2.86. The average molecular weight is 136 g/mol. The normalized spacial score (nSPS) is 9.43. The van der Waals surface area contributed by atoms with Gasteiger partial charge in [-0.25, -0.2) is 0 Å². The molecule has 0 amide bonds. The fourth-order valence-corrected chi connectivity index (χ4v) is 0.937. The van der Waals surface area contributed by atoms with E-state index in [4.69, 9.17) is 11.6 Å². The third kappa shape index (κ3) is 0.924. The predicted octanol–water partition coefficient (Wildman–Crippen LogP) is 2.34. The van der Waals surface area contributed by atoms with Gasteiger partial charge in [-0.15, -0.1) is 11.3 Å². The zero-order valence-corrected chi connectivity index (χ0v) is 4.81. The van der Waals surface area contributed by atoms with Crippen molar-refractivity contribution in [2.24, 2.45) is 0 Å². The Morgan fingerprint density at radius 1 is 1.86 bits per heavy atom. The van der Waals surface area contributed by atoms with Crippen LogP contribution in [0.3, 0.4) is 0 Å². The number of thiophene rings is 1. The molecule has 0 saturated heterocycles. The molecule has 0 aliphatic rings. The molecule has 0 aliphatic carbocycles. The third-order valence-corrected chi connectivity index (χ3v) is 1.55. The van der Waals surface area contributed by atoms with E-state index in [1.54, 1.807) is 0 Å². The van der Waals surface area contributed by atoms with Crippen LogP contribution >= 0.6 is 22.9 Å². The van der Waals surface area contributed by atoms with Crippen LogP contribution in [0.5, 0.6) is 0 Å². The van der Waals surface area contributed by atoms with E-state index in [0.717, 1.165) is 11.3 Å². The molecule has 1 aromatic rings. The van der Waals surface area contributed by atoms with Crippen LogP contribution in [0.15, 0.2) is 5.38 Å². The first kappa shape index (κ1) is 5.06. The van der Waals surface area contributed by atoms with Crippen LogP contribution in [0, 0.1) is 11.2 Å². The van der Waals surface area contributed by atoms with Crippen molar-refractivity contribution in [2.45, 2.75) is 0 Å². The van der Waals surface area contributed by atoms with Crippen molar-refractivity contribution < 1.29 is 4.39 Å². The van der Waals surface area contributed by atoms with Crippen LogP contribution in [0.4, 0.5) is 4.39 Å². The Balaban J connectivity index is 3.12. The van der Waals surface area contributed by atoms with Crippen molar-refractivity contribution >= 4 is 22.9 Å². The molecule has 0 bridgehead atoms. The molecule has 0 spiro atoms. The lowest BCUT2D eigenvalue weighted by atomic mass is 10.7. The van der Waals surface area contributed by atoms with E-state index < -0.39 is 0 Å². The van der Waals surface area contributed by atoms with Crippen LogP contribution in [0.1, 0.15) is 0 Å². The molecule has 0 aliphatic heterocycles. The standard InChI is InChI=1S/C4HClFS/c5-3-1-2-7-4(3)6/h2H. The first-order chi connectivity index (χ1) is 3.30. The Hall–Kier alpha value is -0.0800. The highest BCUT2D eigenvalue weighted by atomic mass is 35.5. The summed E-state index contributed by atoms with van der Waals surface area (Å²) in [5, 5.41) is 1.21. The maximum Gasteiger partial charge on any atom is 0.195 e. The molecular formula is C4HClFS. The first-order valence-electron chi connectivity index (χ1n) is 1.61. The van der Waals surface area contributed by atoms with Crippen LogP contribution in [-0.4, -0.2) is 0 Å². The van der Waals surface area contributed by atoms with Gasteiger partial charge < -0.3 is 0 Å². The molecular weight excluding hydrogens is 135 g/mol. The van der Waals surface area contributed by atoms with Gasteiger partial charge in [0, 0.05) is 11.4 Å². The summed E-state index contributed by atoms with van der Waals surface area (Å²) in [7, 11) is 0. The van der Waals surface area contributed by atoms with Gasteiger partial charge in [-0.2, -0.15) is 4.39 Å². The molecule has 0 nitrogen and oxygen atoms in total. The van der Waals surface area contributed by atoms with Gasteiger partial charge in [0.25, 0.3) is 0 Å². The maximum atomic E-state index is 11.9. The van der Waals surface area contributed by atoms with Gasteiger partial charge in [0.2, 0.25) is 0 Å². The number of rotatable bonds is 0. The van der Waals surface area contributed by atoms with Crippen molar-refractivity contribution in [3.63, 3.8) is 0 Å². The SMILES string of the molecule is Fc1sc[c]c1Cl. The largest absolute Gasteiger partial charge is 0.195 e. The highest BCUT2D eigenvalue weighted by Gasteiger charge is 1.95. The Morgan fingerprint density at radius 2 is 2.57 bits per heavy atom. The number of hydrogen-bond acceptors (Lipinski definition) is 1. The molecule has 1 heterocycles. The molecule has 0 aromatic carbocycles. The van der Waals surface area contributed by atoms with Gasteiger partial charge in [-0.3, -0.25) is 0 Å². The summed E-state index contributed by atoms with van der Waals surface area (Å²) < 4.78 is 11.9. The van der Waals surface area contributed by atoms with Gasteiger partial charge in [-0.05, 0) is 0 Å². The van der Waals surface area contributed by atoms with Crippen LogP contribution < -0.4 is 0 Å². The smallest absolute Gasteiger partial charge is 0.193 e. The average Bonchev–Trinajstić information content (AvgIpc) is 1.91. The summed E-state index contributed by atoms with van der Waals surface area (Å²) in [4.78, 5) is 0. The van der Waals surface area contributed by atoms with Gasteiger partial charge in [0.1, 0.15) is 0 Å². The second-order valence-electron chi connectivity index (χ2n) is 0.968. The fraction of sp³-hybridized carbons (Fsp3) is 0. The lowest BCUT2D eigenvalue weighted by Crippen LogP contribution is -1.54. The number of hydrogen-bond donors (Lipinski definition) is 0. The fourth-order valence-electron chi connectivity index (χ4n) is 0.241. The summed E-state index contributed by atoms with van der Waals surface area (Å²) in [5.41, 5.74) is 0. The van der Waals surface area contributed by atoms with E-state index in [-0.39, 0.29) is 10.2 Å². The molecule has 37 valence electrons. The lowest BCUT2D eigenvalue weighted by molar-refractivity contribution is 0.657.